The predicted octanol–water partition coefficient (Wildman–Crippen LogP) is 3.18. The van der Waals surface area contributed by atoms with Crippen molar-refractivity contribution in [3.8, 4) is 5.75 Å². The molecule has 124 valence electrons. The fourth-order valence-electron chi connectivity index (χ4n) is 2.03. The summed E-state index contributed by atoms with van der Waals surface area (Å²) in [4.78, 5) is 0.0750. The van der Waals surface area contributed by atoms with Crippen molar-refractivity contribution >= 4 is 10.0 Å². The van der Waals surface area contributed by atoms with E-state index in [1.165, 1.54) is 25.2 Å². The molecular formula is C16H17F2NO3S. The number of nitrogens with zero attached hydrogens (tertiary/aromatic N) is 1. The number of hydrogen-bond donors (Lipinski definition) is 0. The highest BCUT2D eigenvalue weighted by molar-refractivity contribution is 7.89. The lowest BCUT2D eigenvalue weighted by Crippen LogP contribution is -2.27. The van der Waals surface area contributed by atoms with Gasteiger partial charge in [0.2, 0.25) is 10.0 Å². The molecule has 0 fully saturated rings. The molecule has 0 aromatic heterocycles. The molecule has 7 heteroatoms. The van der Waals surface area contributed by atoms with Gasteiger partial charge in [0.15, 0.2) is 0 Å². The first-order chi connectivity index (χ1) is 10.8. The zero-order valence-electron chi connectivity index (χ0n) is 12.8. The highest BCUT2D eigenvalue weighted by atomic mass is 32.2. The molecule has 0 saturated heterocycles. The lowest BCUT2D eigenvalue weighted by Gasteiger charge is -2.18. The smallest absolute Gasteiger partial charge is 0.243 e. The number of ether oxygens (including phenoxy) is 1. The Morgan fingerprint density at radius 1 is 1.09 bits per heavy atom. The third-order valence-corrected chi connectivity index (χ3v) is 5.07. The Morgan fingerprint density at radius 2 is 1.74 bits per heavy atom. The molecule has 0 aliphatic rings. The van der Waals surface area contributed by atoms with Crippen LogP contribution in [0.5, 0.6) is 5.75 Å². The molecule has 0 atom stereocenters. The first-order valence-electron chi connectivity index (χ1n) is 6.97. The number of rotatable bonds is 6. The second-order valence-electron chi connectivity index (χ2n) is 4.90. The summed E-state index contributed by atoms with van der Waals surface area (Å²) in [7, 11) is -2.44. The van der Waals surface area contributed by atoms with Gasteiger partial charge >= 0.3 is 0 Å². The van der Waals surface area contributed by atoms with Crippen LogP contribution in [0.15, 0.2) is 47.4 Å². The minimum Gasteiger partial charge on any atom is -0.494 e. The minimum atomic E-state index is -3.78. The highest BCUT2D eigenvalue weighted by Gasteiger charge is 2.22. The van der Waals surface area contributed by atoms with Crippen LogP contribution in [0.2, 0.25) is 0 Å². The summed E-state index contributed by atoms with van der Waals surface area (Å²) in [6, 6.07) is 9.03. The fourth-order valence-corrected chi connectivity index (χ4v) is 3.18. The average molecular weight is 341 g/mol. The van der Waals surface area contributed by atoms with Crippen LogP contribution in [0.1, 0.15) is 12.5 Å². The molecule has 0 N–H and O–H groups in total. The van der Waals surface area contributed by atoms with E-state index in [2.05, 4.69) is 0 Å². The molecule has 0 aliphatic carbocycles. The predicted molar refractivity (Wildman–Crippen MR) is 82.6 cm³/mol. The maximum atomic E-state index is 13.7. The van der Waals surface area contributed by atoms with Crippen LogP contribution in [0, 0.1) is 11.6 Å². The van der Waals surface area contributed by atoms with Gasteiger partial charge in [-0.2, -0.15) is 4.31 Å². The Bertz CT molecular complexity index is 776. The number of halogens is 2. The molecular weight excluding hydrogens is 324 g/mol. The molecule has 0 heterocycles. The lowest BCUT2D eigenvalue weighted by molar-refractivity contribution is 0.340. The van der Waals surface area contributed by atoms with Crippen molar-refractivity contribution in [2.75, 3.05) is 13.7 Å². The summed E-state index contributed by atoms with van der Waals surface area (Å²) in [5.41, 5.74) is 0.100. The van der Waals surface area contributed by atoms with Crippen molar-refractivity contribution in [2.45, 2.75) is 18.4 Å². The summed E-state index contributed by atoms with van der Waals surface area (Å²) in [6.45, 7) is 2.12. The van der Waals surface area contributed by atoms with E-state index in [9.17, 15) is 17.2 Å². The van der Waals surface area contributed by atoms with E-state index in [0.717, 1.165) is 16.4 Å². The van der Waals surface area contributed by atoms with Gasteiger partial charge < -0.3 is 4.74 Å². The summed E-state index contributed by atoms with van der Waals surface area (Å²) in [5.74, 6) is -0.916. The molecule has 2 aromatic rings. The third-order valence-electron chi connectivity index (χ3n) is 3.25. The van der Waals surface area contributed by atoms with Gasteiger partial charge in [0, 0.05) is 25.2 Å². The topological polar surface area (TPSA) is 46.6 Å². The van der Waals surface area contributed by atoms with E-state index in [-0.39, 0.29) is 17.0 Å². The van der Waals surface area contributed by atoms with Gasteiger partial charge in [-0.15, -0.1) is 0 Å². The highest BCUT2D eigenvalue weighted by Crippen LogP contribution is 2.21. The summed E-state index contributed by atoms with van der Waals surface area (Å²) < 4.78 is 57.8. The second kappa shape index (κ2) is 7.06. The molecule has 0 amide bonds. The zero-order valence-corrected chi connectivity index (χ0v) is 13.6. The normalized spacial score (nSPS) is 11.7. The van der Waals surface area contributed by atoms with Crippen LogP contribution < -0.4 is 4.74 Å². The van der Waals surface area contributed by atoms with E-state index in [0.29, 0.717) is 12.4 Å². The maximum absolute atomic E-state index is 13.7. The molecule has 0 unspecified atom stereocenters. The van der Waals surface area contributed by atoms with Gasteiger partial charge in [-0.25, -0.2) is 17.2 Å². The number of hydrogen-bond acceptors (Lipinski definition) is 3. The van der Waals surface area contributed by atoms with Crippen molar-refractivity contribution in [1.82, 2.24) is 4.31 Å². The van der Waals surface area contributed by atoms with Gasteiger partial charge in [-0.3, -0.25) is 0 Å². The Kier molecular flexibility index (Phi) is 5.33. The summed E-state index contributed by atoms with van der Waals surface area (Å²) >= 11 is 0. The standard InChI is InChI=1S/C16H17F2NO3S/c1-3-22-14-6-8-15(9-7-14)23(20,21)19(2)11-12-4-5-13(17)10-16(12)18/h4-10H,3,11H2,1-2H3. The van der Waals surface area contributed by atoms with E-state index in [1.54, 1.807) is 12.1 Å². The Labute approximate surface area is 134 Å². The van der Waals surface area contributed by atoms with Crippen LogP contribution in [0.4, 0.5) is 8.78 Å². The van der Waals surface area contributed by atoms with E-state index in [1.807, 2.05) is 6.92 Å². The monoisotopic (exact) mass is 341 g/mol. The molecule has 0 radical (unpaired) electrons. The third kappa shape index (κ3) is 4.05. The minimum absolute atomic E-state index is 0.0750. The van der Waals surface area contributed by atoms with Crippen LogP contribution in [-0.4, -0.2) is 26.4 Å². The van der Waals surface area contributed by atoms with Crippen LogP contribution in [0.3, 0.4) is 0 Å². The molecule has 2 aromatic carbocycles. The van der Waals surface area contributed by atoms with Crippen LogP contribution in [0.25, 0.3) is 0 Å². The molecule has 0 spiro atoms. The van der Waals surface area contributed by atoms with Crippen molar-refractivity contribution in [2.24, 2.45) is 0 Å². The molecule has 0 bridgehead atoms. The van der Waals surface area contributed by atoms with E-state index in [4.69, 9.17) is 4.74 Å². The molecule has 4 nitrogen and oxygen atoms in total. The largest absolute Gasteiger partial charge is 0.494 e. The number of benzene rings is 2. The molecule has 0 aliphatic heterocycles. The van der Waals surface area contributed by atoms with Crippen molar-refractivity contribution in [1.29, 1.82) is 0 Å². The average Bonchev–Trinajstić information content (AvgIpc) is 2.51. The Hall–Kier alpha value is -1.99. The zero-order chi connectivity index (χ0) is 17.0. The summed E-state index contributed by atoms with van der Waals surface area (Å²) in [6.07, 6.45) is 0. The lowest BCUT2D eigenvalue weighted by atomic mass is 10.2. The van der Waals surface area contributed by atoms with Gasteiger partial charge in [0.1, 0.15) is 17.4 Å². The van der Waals surface area contributed by atoms with Crippen molar-refractivity contribution in [3.05, 3.63) is 59.7 Å². The molecule has 2 rings (SSSR count). The van der Waals surface area contributed by atoms with Gasteiger partial charge in [-0.1, -0.05) is 6.07 Å². The second-order valence-corrected chi connectivity index (χ2v) is 6.95. The SMILES string of the molecule is CCOc1ccc(S(=O)(=O)N(C)Cc2ccc(F)cc2F)cc1. The fraction of sp³-hybridized carbons (Fsp3) is 0.250. The van der Waals surface area contributed by atoms with Crippen molar-refractivity contribution < 1.29 is 21.9 Å². The van der Waals surface area contributed by atoms with Crippen LogP contribution in [-0.2, 0) is 16.6 Å². The maximum Gasteiger partial charge on any atom is 0.243 e. The summed E-state index contributed by atoms with van der Waals surface area (Å²) in [5, 5.41) is 0. The van der Waals surface area contributed by atoms with Crippen molar-refractivity contribution in [3.63, 3.8) is 0 Å². The Morgan fingerprint density at radius 3 is 2.30 bits per heavy atom. The van der Waals surface area contributed by atoms with E-state index < -0.39 is 21.7 Å². The van der Waals surface area contributed by atoms with E-state index >= 15 is 0 Å². The van der Waals surface area contributed by atoms with Crippen LogP contribution >= 0.6 is 0 Å². The molecule has 0 saturated carbocycles. The van der Waals surface area contributed by atoms with Gasteiger partial charge in [-0.05, 0) is 37.3 Å². The first-order valence-corrected chi connectivity index (χ1v) is 8.41. The Balaban J connectivity index is 2.20. The number of sulfonamides is 1. The quantitative estimate of drug-likeness (QED) is 0.811. The van der Waals surface area contributed by atoms with Gasteiger partial charge in [0.05, 0.1) is 11.5 Å². The first kappa shape index (κ1) is 17.4. The molecule has 23 heavy (non-hydrogen) atoms. The van der Waals surface area contributed by atoms with Gasteiger partial charge in [0.25, 0.3) is 0 Å².